The van der Waals surface area contributed by atoms with E-state index in [1.165, 1.54) is 4.90 Å². The van der Waals surface area contributed by atoms with Gasteiger partial charge in [0.25, 0.3) is 0 Å². The van der Waals surface area contributed by atoms with Crippen LogP contribution in [-0.4, -0.2) is 41.0 Å². The second-order valence-corrected chi connectivity index (χ2v) is 3.68. The number of hydrogen-bond acceptors (Lipinski definition) is 5. The largest absolute Gasteiger partial charge is 0.481 e. The van der Waals surface area contributed by atoms with Gasteiger partial charge in [0.15, 0.2) is 0 Å². The van der Waals surface area contributed by atoms with Crippen LogP contribution in [0.2, 0.25) is 0 Å². The summed E-state index contributed by atoms with van der Waals surface area (Å²) in [4.78, 5) is 23.6. The van der Waals surface area contributed by atoms with Crippen LogP contribution in [0.25, 0.3) is 0 Å². The Bertz CT molecular complexity index is 351. The van der Waals surface area contributed by atoms with Gasteiger partial charge in [-0.15, -0.1) is 0 Å². The molecule has 7 nitrogen and oxygen atoms in total. The van der Waals surface area contributed by atoms with Crippen molar-refractivity contribution < 1.29 is 14.7 Å². The first-order valence-electron chi connectivity index (χ1n) is 5.53. The van der Waals surface area contributed by atoms with Gasteiger partial charge in [0, 0.05) is 19.5 Å². The number of carbonyl (C=O) groups is 2. The third kappa shape index (κ3) is 6.46. The number of nitrogens with two attached hydrogens (primary N) is 1. The zero-order chi connectivity index (χ0) is 14.0. The van der Waals surface area contributed by atoms with Crippen LogP contribution in [-0.2, 0) is 9.59 Å². The maximum atomic E-state index is 11.9. The Kier molecular flexibility index (Phi) is 7.91. The van der Waals surface area contributed by atoms with Gasteiger partial charge in [-0.3, -0.25) is 9.59 Å². The van der Waals surface area contributed by atoms with Crippen LogP contribution in [0.15, 0.2) is 0 Å². The first-order chi connectivity index (χ1) is 8.52. The van der Waals surface area contributed by atoms with E-state index in [1.807, 2.05) is 12.1 Å². The standard InChI is InChI=1S/C11H16N4O3/c12-5-1-7-15(8-2-6-13)11(18)9(14)3-4-10(16)17/h9H,1-4,7-8,14H2,(H,16,17). The molecular formula is C11H16N4O3. The van der Waals surface area contributed by atoms with Gasteiger partial charge in [0.2, 0.25) is 5.91 Å². The lowest BCUT2D eigenvalue weighted by atomic mass is 10.1. The van der Waals surface area contributed by atoms with Crippen LogP contribution >= 0.6 is 0 Å². The van der Waals surface area contributed by atoms with Gasteiger partial charge in [-0.2, -0.15) is 10.5 Å². The van der Waals surface area contributed by atoms with E-state index in [0.717, 1.165) is 0 Å². The number of carbonyl (C=O) groups excluding carboxylic acids is 1. The lowest BCUT2D eigenvalue weighted by molar-refractivity contribution is -0.137. The molecule has 98 valence electrons. The Morgan fingerprint density at radius 1 is 1.22 bits per heavy atom. The molecule has 0 aromatic carbocycles. The van der Waals surface area contributed by atoms with E-state index >= 15 is 0 Å². The van der Waals surface area contributed by atoms with Crippen LogP contribution in [0.1, 0.15) is 25.7 Å². The number of carboxylic acids is 1. The summed E-state index contributed by atoms with van der Waals surface area (Å²) >= 11 is 0. The van der Waals surface area contributed by atoms with Crippen molar-refractivity contribution in [2.75, 3.05) is 13.1 Å². The molecule has 1 atom stereocenters. The van der Waals surface area contributed by atoms with Gasteiger partial charge in [-0.1, -0.05) is 0 Å². The zero-order valence-corrected chi connectivity index (χ0v) is 10.0. The summed E-state index contributed by atoms with van der Waals surface area (Å²) in [5, 5.41) is 25.4. The number of hydrogen-bond donors (Lipinski definition) is 2. The molecule has 0 aliphatic rings. The number of nitriles is 2. The fourth-order valence-corrected chi connectivity index (χ4v) is 1.34. The molecule has 0 aromatic heterocycles. The summed E-state index contributed by atoms with van der Waals surface area (Å²) in [6.07, 6.45) is 0.173. The minimum absolute atomic E-state index is 0.0454. The molecule has 0 aliphatic carbocycles. The van der Waals surface area contributed by atoms with E-state index in [4.69, 9.17) is 21.4 Å². The predicted octanol–water partition coefficient (Wildman–Crippen LogP) is -0.166. The molecule has 0 bridgehead atoms. The van der Waals surface area contributed by atoms with Gasteiger partial charge < -0.3 is 15.7 Å². The average Bonchev–Trinajstić information content (AvgIpc) is 2.35. The molecule has 0 heterocycles. The minimum atomic E-state index is -1.01. The first kappa shape index (κ1) is 15.9. The molecule has 18 heavy (non-hydrogen) atoms. The highest BCUT2D eigenvalue weighted by Gasteiger charge is 2.21. The molecule has 0 aromatic rings. The Balaban J connectivity index is 4.38. The number of nitrogens with zero attached hydrogens (tertiary/aromatic N) is 3. The second-order valence-electron chi connectivity index (χ2n) is 3.68. The summed E-state index contributed by atoms with van der Waals surface area (Å²) in [6, 6.07) is 2.91. The van der Waals surface area contributed by atoms with Gasteiger partial charge in [0.05, 0.1) is 31.0 Å². The molecule has 1 unspecified atom stereocenters. The van der Waals surface area contributed by atoms with E-state index in [0.29, 0.717) is 0 Å². The van der Waals surface area contributed by atoms with Gasteiger partial charge in [-0.25, -0.2) is 0 Å². The van der Waals surface area contributed by atoms with Crippen molar-refractivity contribution in [1.29, 1.82) is 10.5 Å². The molecular weight excluding hydrogens is 236 g/mol. The van der Waals surface area contributed by atoms with Crippen LogP contribution in [0.5, 0.6) is 0 Å². The van der Waals surface area contributed by atoms with E-state index < -0.39 is 17.9 Å². The average molecular weight is 252 g/mol. The van der Waals surface area contributed by atoms with Crippen molar-refractivity contribution in [3.05, 3.63) is 0 Å². The third-order valence-electron chi connectivity index (χ3n) is 2.29. The first-order valence-corrected chi connectivity index (χ1v) is 5.53. The van der Waals surface area contributed by atoms with Crippen molar-refractivity contribution in [2.24, 2.45) is 5.73 Å². The number of aliphatic carboxylic acids is 1. The Labute approximate surface area is 105 Å². The molecule has 0 fully saturated rings. The van der Waals surface area contributed by atoms with Crippen LogP contribution in [0.3, 0.4) is 0 Å². The molecule has 1 amide bonds. The van der Waals surface area contributed by atoms with Crippen LogP contribution < -0.4 is 5.73 Å². The van der Waals surface area contributed by atoms with Crippen molar-refractivity contribution in [2.45, 2.75) is 31.7 Å². The normalized spacial score (nSPS) is 11.1. The summed E-state index contributed by atoms with van der Waals surface area (Å²) in [6.45, 7) is 0.412. The summed E-state index contributed by atoms with van der Waals surface area (Å²) in [5.41, 5.74) is 5.59. The van der Waals surface area contributed by atoms with Gasteiger partial charge in [0.1, 0.15) is 0 Å². The molecule has 0 saturated carbocycles. The number of amides is 1. The maximum Gasteiger partial charge on any atom is 0.303 e. The smallest absolute Gasteiger partial charge is 0.303 e. The second kappa shape index (κ2) is 8.97. The topological polar surface area (TPSA) is 131 Å². The fourth-order valence-electron chi connectivity index (χ4n) is 1.34. The Hall–Kier alpha value is -2.12. The lowest BCUT2D eigenvalue weighted by Crippen LogP contribution is -2.44. The van der Waals surface area contributed by atoms with E-state index in [9.17, 15) is 9.59 Å². The molecule has 3 N–H and O–H groups in total. The highest BCUT2D eigenvalue weighted by molar-refractivity contribution is 5.82. The van der Waals surface area contributed by atoms with E-state index in [-0.39, 0.29) is 38.8 Å². The van der Waals surface area contributed by atoms with Crippen molar-refractivity contribution in [3.63, 3.8) is 0 Å². The van der Waals surface area contributed by atoms with E-state index in [2.05, 4.69) is 0 Å². The van der Waals surface area contributed by atoms with E-state index in [1.54, 1.807) is 0 Å². The van der Waals surface area contributed by atoms with Gasteiger partial charge in [-0.05, 0) is 6.42 Å². The number of rotatable bonds is 8. The molecule has 0 spiro atoms. The maximum absolute atomic E-state index is 11.9. The number of carboxylic acid groups (broad SMARTS) is 1. The molecule has 7 heteroatoms. The SMILES string of the molecule is N#CCCN(CCC#N)C(=O)C(N)CCC(=O)O. The monoisotopic (exact) mass is 252 g/mol. The minimum Gasteiger partial charge on any atom is -0.481 e. The van der Waals surface area contributed by atoms with Crippen LogP contribution in [0, 0.1) is 22.7 Å². The molecule has 0 radical (unpaired) electrons. The zero-order valence-electron chi connectivity index (χ0n) is 10.0. The van der Waals surface area contributed by atoms with Crippen LogP contribution in [0.4, 0.5) is 0 Å². The molecule has 0 rings (SSSR count). The molecule has 0 aliphatic heterocycles. The summed E-state index contributed by atoms with van der Waals surface area (Å²) < 4.78 is 0. The summed E-state index contributed by atoms with van der Waals surface area (Å²) in [5.74, 6) is -1.43. The summed E-state index contributed by atoms with van der Waals surface area (Å²) in [7, 11) is 0. The fraction of sp³-hybridized carbons (Fsp3) is 0.636. The quantitative estimate of drug-likeness (QED) is 0.616. The lowest BCUT2D eigenvalue weighted by Gasteiger charge is -2.23. The Morgan fingerprint density at radius 2 is 1.72 bits per heavy atom. The van der Waals surface area contributed by atoms with Crippen molar-refractivity contribution >= 4 is 11.9 Å². The van der Waals surface area contributed by atoms with Crippen molar-refractivity contribution in [1.82, 2.24) is 4.90 Å². The molecule has 0 saturated heterocycles. The highest BCUT2D eigenvalue weighted by atomic mass is 16.4. The van der Waals surface area contributed by atoms with Crippen molar-refractivity contribution in [3.8, 4) is 12.1 Å². The third-order valence-corrected chi connectivity index (χ3v) is 2.29. The van der Waals surface area contributed by atoms with Gasteiger partial charge >= 0.3 is 5.97 Å². The predicted molar refractivity (Wildman–Crippen MR) is 61.9 cm³/mol. The Morgan fingerprint density at radius 3 is 2.11 bits per heavy atom. The highest BCUT2D eigenvalue weighted by Crippen LogP contribution is 2.03.